The first kappa shape index (κ1) is 26.9. The minimum atomic E-state index is 0. The SMILES string of the molecule is CCCCN=C(C)/C=C(/C)[O-].CCCCN=C(C)/C=C(/C)[O-].[Zn+2]. The Balaban J connectivity index is -0.000000333. The fourth-order valence-electron chi connectivity index (χ4n) is 1.51. The summed E-state index contributed by atoms with van der Waals surface area (Å²) in [6.07, 6.45) is 7.63. The van der Waals surface area contributed by atoms with Crippen LogP contribution in [0, 0.1) is 0 Å². The molecule has 0 aromatic rings. The second-order valence-corrected chi connectivity index (χ2v) is 5.26. The van der Waals surface area contributed by atoms with Crippen LogP contribution in [0.15, 0.2) is 33.7 Å². The molecule has 0 N–H and O–H groups in total. The van der Waals surface area contributed by atoms with Crippen molar-refractivity contribution in [2.45, 2.75) is 67.2 Å². The number of aliphatic imine (C=N–C) groups is 2. The Kier molecular flexibility index (Phi) is 22.3. The molecule has 4 nitrogen and oxygen atoms in total. The molecule has 0 aliphatic heterocycles. The van der Waals surface area contributed by atoms with Crippen LogP contribution >= 0.6 is 0 Å². The molecule has 0 heterocycles. The van der Waals surface area contributed by atoms with Gasteiger partial charge in [0.2, 0.25) is 0 Å². The van der Waals surface area contributed by atoms with Gasteiger partial charge in [0.1, 0.15) is 0 Å². The first-order valence-corrected chi connectivity index (χ1v) is 8.06. The van der Waals surface area contributed by atoms with Crippen molar-refractivity contribution in [1.82, 2.24) is 0 Å². The molecule has 0 amide bonds. The van der Waals surface area contributed by atoms with E-state index in [0.29, 0.717) is 0 Å². The molecule has 0 aromatic heterocycles. The second-order valence-electron chi connectivity index (χ2n) is 5.26. The topological polar surface area (TPSA) is 70.8 Å². The van der Waals surface area contributed by atoms with Crippen molar-refractivity contribution in [2.75, 3.05) is 13.1 Å². The second kappa shape index (κ2) is 19.1. The predicted molar refractivity (Wildman–Crippen MR) is 93.3 cm³/mol. The first-order valence-electron chi connectivity index (χ1n) is 8.06. The van der Waals surface area contributed by atoms with Crippen molar-refractivity contribution < 1.29 is 29.7 Å². The zero-order valence-corrected chi connectivity index (χ0v) is 18.8. The van der Waals surface area contributed by atoms with Gasteiger partial charge in [-0.1, -0.05) is 52.7 Å². The van der Waals surface area contributed by atoms with Crippen LogP contribution in [0.2, 0.25) is 0 Å². The van der Waals surface area contributed by atoms with Crippen LogP contribution in [0.5, 0.6) is 0 Å². The number of rotatable bonds is 8. The minimum Gasteiger partial charge on any atom is -0.876 e. The number of nitrogens with zero attached hydrogens (tertiary/aromatic N) is 2. The molecule has 0 saturated carbocycles. The summed E-state index contributed by atoms with van der Waals surface area (Å²) in [6, 6.07) is 0. The Morgan fingerprint density at radius 1 is 0.739 bits per heavy atom. The first-order chi connectivity index (χ1) is 10.3. The number of hydrogen-bond donors (Lipinski definition) is 0. The van der Waals surface area contributed by atoms with Crippen molar-refractivity contribution in [3.63, 3.8) is 0 Å². The van der Waals surface area contributed by atoms with E-state index in [4.69, 9.17) is 0 Å². The van der Waals surface area contributed by atoms with Gasteiger partial charge < -0.3 is 10.2 Å². The summed E-state index contributed by atoms with van der Waals surface area (Å²) >= 11 is 0. The van der Waals surface area contributed by atoms with Crippen LogP contribution in [0.4, 0.5) is 0 Å². The Bertz CT molecular complexity index is 354. The quantitative estimate of drug-likeness (QED) is 0.284. The molecule has 0 radical (unpaired) electrons. The van der Waals surface area contributed by atoms with Crippen LogP contribution < -0.4 is 10.2 Å². The van der Waals surface area contributed by atoms with Gasteiger partial charge >= 0.3 is 19.5 Å². The Morgan fingerprint density at radius 3 is 1.26 bits per heavy atom. The van der Waals surface area contributed by atoms with E-state index >= 15 is 0 Å². The molecular weight excluding hydrogens is 342 g/mol. The van der Waals surface area contributed by atoms with Gasteiger partial charge in [-0.15, -0.1) is 11.5 Å². The molecule has 5 heteroatoms. The standard InChI is InChI=1S/2C9H17NO.Zn/c2*1-4-5-6-10-8(2)7-9(3)11;/h2*7,11H,4-6H2,1-3H3;/q;;+2/p-2/b2*9-7-,10-8?;. The van der Waals surface area contributed by atoms with Crippen molar-refractivity contribution in [3.05, 3.63) is 23.7 Å². The predicted octanol–water partition coefficient (Wildman–Crippen LogP) is 3.02. The molecular formula is C18H32N2O2Zn. The van der Waals surface area contributed by atoms with Crippen molar-refractivity contribution >= 4 is 11.4 Å². The molecule has 0 saturated heterocycles. The third kappa shape index (κ3) is 26.3. The molecule has 0 aromatic carbocycles. The Morgan fingerprint density at radius 2 is 1.04 bits per heavy atom. The maximum atomic E-state index is 10.6. The minimum absolute atomic E-state index is 0. The van der Waals surface area contributed by atoms with Gasteiger partial charge in [0, 0.05) is 24.5 Å². The van der Waals surface area contributed by atoms with Gasteiger partial charge in [0.15, 0.2) is 0 Å². The summed E-state index contributed by atoms with van der Waals surface area (Å²) in [4.78, 5) is 8.39. The summed E-state index contributed by atoms with van der Waals surface area (Å²) in [7, 11) is 0. The van der Waals surface area contributed by atoms with Crippen LogP contribution in [-0.2, 0) is 19.5 Å². The molecule has 128 valence electrons. The third-order valence-corrected chi connectivity index (χ3v) is 2.57. The maximum Gasteiger partial charge on any atom is 2.00 e. The largest absolute Gasteiger partial charge is 2.00 e. The number of allylic oxidation sites excluding steroid dienone is 4. The summed E-state index contributed by atoms with van der Waals surface area (Å²) < 4.78 is 0. The normalized spacial score (nSPS) is 13.1. The molecule has 23 heavy (non-hydrogen) atoms. The molecule has 0 unspecified atom stereocenters. The molecule has 0 aliphatic carbocycles. The average Bonchev–Trinajstić information content (AvgIpc) is 2.38. The average molecular weight is 374 g/mol. The van der Waals surface area contributed by atoms with Gasteiger partial charge in [0.25, 0.3) is 0 Å². The van der Waals surface area contributed by atoms with Gasteiger partial charge in [-0.05, 0) is 26.7 Å². The molecule has 0 bridgehead atoms. The van der Waals surface area contributed by atoms with Crippen LogP contribution in [0.25, 0.3) is 0 Å². The number of hydrogen-bond acceptors (Lipinski definition) is 4. The fourth-order valence-corrected chi connectivity index (χ4v) is 1.51. The summed E-state index contributed by atoms with van der Waals surface area (Å²) in [5.74, 6) is 0.144. The third-order valence-electron chi connectivity index (χ3n) is 2.57. The molecule has 0 spiro atoms. The van der Waals surface area contributed by atoms with Crippen molar-refractivity contribution in [2.24, 2.45) is 9.98 Å². The molecule has 0 aliphatic rings. The van der Waals surface area contributed by atoms with Gasteiger partial charge in [-0.25, -0.2) is 0 Å². The maximum absolute atomic E-state index is 10.6. The summed E-state index contributed by atoms with van der Waals surface area (Å²) in [5.41, 5.74) is 1.68. The van der Waals surface area contributed by atoms with Crippen molar-refractivity contribution in [3.8, 4) is 0 Å². The van der Waals surface area contributed by atoms with Crippen molar-refractivity contribution in [1.29, 1.82) is 0 Å². The fraction of sp³-hybridized carbons (Fsp3) is 0.667. The Hall–Kier alpha value is -0.957. The van der Waals surface area contributed by atoms with E-state index in [9.17, 15) is 10.2 Å². The van der Waals surface area contributed by atoms with E-state index in [0.717, 1.165) is 50.2 Å². The van der Waals surface area contributed by atoms with Gasteiger partial charge in [-0.2, -0.15) is 0 Å². The summed E-state index contributed by atoms with van der Waals surface area (Å²) in [5, 5.41) is 21.1. The smallest absolute Gasteiger partial charge is 0.876 e. The van der Waals surface area contributed by atoms with Crippen LogP contribution in [0.3, 0.4) is 0 Å². The van der Waals surface area contributed by atoms with Crippen LogP contribution in [0.1, 0.15) is 67.2 Å². The Labute approximate surface area is 155 Å². The zero-order valence-electron chi connectivity index (χ0n) is 15.8. The van der Waals surface area contributed by atoms with E-state index in [-0.39, 0.29) is 31.0 Å². The van der Waals surface area contributed by atoms with E-state index < -0.39 is 0 Å². The van der Waals surface area contributed by atoms with E-state index in [1.807, 2.05) is 13.8 Å². The molecule has 0 atom stereocenters. The monoisotopic (exact) mass is 372 g/mol. The summed E-state index contributed by atoms with van der Waals surface area (Å²) in [6.45, 7) is 12.7. The zero-order chi connectivity index (χ0) is 17.4. The number of unbranched alkanes of at least 4 members (excludes halogenated alkanes) is 2. The van der Waals surface area contributed by atoms with Crippen LogP contribution in [-0.4, -0.2) is 24.5 Å². The van der Waals surface area contributed by atoms with E-state index in [2.05, 4.69) is 23.8 Å². The van der Waals surface area contributed by atoms with E-state index in [1.54, 1.807) is 26.0 Å². The molecule has 0 rings (SSSR count). The van der Waals surface area contributed by atoms with Gasteiger partial charge in [-0.3, -0.25) is 9.98 Å². The van der Waals surface area contributed by atoms with E-state index in [1.165, 1.54) is 0 Å². The molecule has 0 fully saturated rings. The van der Waals surface area contributed by atoms with Gasteiger partial charge in [0.05, 0.1) is 0 Å².